The Morgan fingerprint density at radius 2 is 1.70 bits per heavy atom. The van der Waals surface area contributed by atoms with Crippen LogP contribution in [-0.2, 0) is 32.1 Å². The van der Waals surface area contributed by atoms with Crippen LogP contribution in [0.4, 0.5) is 0 Å². The number of hydrogen-bond acceptors (Lipinski definition) is 6. The van der Waals surface area contributed by atoms with Crippen LogP contribution in [-0.4, -0.2) is 77.1 Å². The fourth-order valence-electron chi connectivity index (χ4n) is 6.31. The highest BCUT2D eigenvalue weighted by Crippen LogP contribution is 2.53. The molecule has 1 atom stereocenters. The Balaban J connectivity index is 1.18. The summed E-state index contributed by atoms with van der Waals surface area (Å²) in [6.45, 7) is 5.85. The maximum Gasteiger partial charge on any atom is 0.279 e. The van der Waals surface area contributed by atoms with E-state index in [2.05, 4.69) is 53.4 Å². The van der Waals surface area contributed by atoms with Gasteiger partial charge in [0, 0.05) is 44.2 Å². The van der Waals surface area contributed by atoms with Crippen molar-refractivity contribution in [3.63, 3.8) is 0 Å². The molecular formula is C29H42N4O5S2. The molecule has 0 amide bonds. The van der Waals surface area contributed by atoms with Crippen LogP contribution in [0.2, 0.25) is 0 Å². The average Bonchev–Trinajstić information content (AvgIpc) is 2.92. The number of rotatable bonds is 11. The SMILES string of the molecule is CCCS(=O)(=O)N1CCN(S(=O)(=O)NCCOc2ccc3c(c2)C(C2(c4ccc(C)cc4)CCC2)NCC3)CC1. The molecule has 2 N–H and O–H groups in total. The van der Waals surface area contributed by atoms with Gasteiger partial charge in [-0.05, 0) is 68.0 Å². The Labute approximate surface area is 239 Å². The van der Waals surface area contributed by atoms with E-state index in [1.54, 1.807) is 0 Å². The zero-order valence-electron chi connectivity index (χ0n) is 23.6. The van der Waals surface area contributed by atoms with E-state index in [-0.39, 0.29) is 56.5 Å². The minimum atomic E-state index is -3.72. The largest absolute Gasteiger partial charge is 0.492 e. The number of nitrogens with zero attached hydrogens (tertiary/aromatic N) is 2. The molecule has 1 saturated carbocycles. The first-order chi connectivity index (χ1) is 19.1. The van der Waals surface area contributed by atoms with Crippen molar-refractivity contribution in [3.8, 4) is 5.75 Å². The molecule has 3 aliphatic rings. The Kier molecular flexibility index (Phi) is 8.89. The van der Waals surface area contributed by atoms with Crippen molar-refractivity contribution in [2.24, 2.45) is 0 Å². The molecule has 0 radical (unpaired) electrons. The average molecular weight is 591 g/mol. The van der Waals surface area contributed by atoms with Gasteiger partial charge in [-0.1, -0.05) is 49.2 Å². The van der Waals surface area contributed by atoms with Gasteiger partial charge < -0.3 is 10.1 Å². The number of ether oxygens (including phenoxy) is 1. The second-order valence-corrected chi connectivity index (χ2v) is 15.1. The van der Waals surface area contributed by atoms with Crippen molar-refractivity contribution < 1.29 is 21.6 Å². The number of fused-ring (bicyclic) bond motifs is 1. The van der Waals surface area contributed by atoms with Crippen LogP contribution in [0.25, 0.3) is 0 Å². The van der Waals surface area contributed by atoms with Gasteiger partial charge in [0.25, 0.3) is 10.2 Å². The first-order valence-corrected chi connectivity index (χ1v) is 17.5. The fraction of sp³-hybridized carbons (Fsp3) is 0.586. The Bertz CT molecular complexity index is 1380. The van der Waals surface area contributed by atoms with E-state index in [9.17, 15) is 16.8 Å². The monoisotopic (exact) mass is 590 g/mol. The molecule has 40 heavy (non-hydrogen) atoms. The summed E-state index contributed by atoms with van der Waals surface area (Å²) in [6, 6.07) is 15.4. The smallest absolute Gasteiger partial charge is 0.279 e. The van der Waals surface area contributed by atoms with E-state index < -0.39 is 20.2 Å². The number of hydrogen-bond donors (Lipinski definition) is 2. The summed E-state index contributed by atoms with van der Waals surface area (Å²) in [5.41, 5.74) is 5.36. The molecule has 5 rings (SSSR count). The van der Waals surface area contributed by atoms with E-state index in [1.165, 1.54) is 37.3 Å². The lowest BCUT2D eigenvalue weighted by atomic mass is 9.58. The molecular weight excluding hydrogens is 548 g/mol. The lowest BCUT2D eigenvalue weighted by Gasteiger charge is -2.50. The van der Waals surface area contributed by atoms with Gasteiger partial charge in [-0.25, -0.2) is 8.42 Å². The summed E-state index contributed by atoms with van der Waals surface area (Å²) in [5.74, 6) is 0.821. The standard InChI is InChI=1S/C29H42N4O5S2/c1-3-21-39(34,35)32-16-18-33(19-17-32)40(36,37)31-15-20-38-26-10-7-24-11-14-30-28(27(24)22-26)29(12-4-13-29)25-8-5-23(2)6-9-25/h5-10,22,28,30-31H,3-4,11-21H2,1-2H3. The molecule has 9 nitrogen and oxygen atoms in total. The Hall–Kier alpha value is -2.02. The van der Waals surface area contributed by atoms with E-state index >= 15 is 0 Å². The van der Waals surface area contributed by atoms with Gasteiger partial charge >= 0.3 is 0 Å². The summed E-state index contributed by atoms with van der Waals surface area (Å²) in [4.78, 5) is 0. The highest BCUT2D eigenvalue weighted by atomic mass is 32.2. The number of nitrogens with one attached hydrogen (secondary N) is 2. The summed E-state index contributed by atoms with van der Waals surface area (Å²) < 4.78 is 61.5. The number of piperazine rings is 1. The Morgan fingerprint density at radius 3 is 2.35 bits per heavy atom. The molecule has 11 heteroatoms. The van der Waals surface area contributed by atoms with Crippen LogP contribution in [0.1, 0.15) is 60.9 Å². The van der Waals surface area contributed by atoms with Crippen LogP contribution >= 0.6 is 0 Å². The lowest BCUT2D eigenvalue weighted by Crippen LogP contribution is -2.53. The normalized spacial score (nSPS) is 21.9. The molecule has 0 aromatic heterocycles. The summed E-state index contributed by atoms with van der Waals surface area (Å²) in [7, 11) is -7.04. The van der Waals surface area contributed by atoms with E-state index in [1.807, 2.05) is 13.0 Å². The third kappa shape index (κ3) is 6.10. The molecule has 2 fully saturated rings. The second kappa shape index (κ2) is 12.1. The molecule has 2 heterocycles. The number of aryl methyl sites for hydroxylation is 1. The highest BCUT2D eigenvalue weighted by molar-refractivity contribution is 7.89. The van der Waals surface area contributed by atoms with Gasteiger partial charge in [0.15, 0.2) is 0 Å². The predicted molar refractivity (Wildman–Crippen MR) is 157 cm³/mol. The first-order valence-electron chi connectivity index (χ1n) is 14.4. The number of sulfonamides is 1. The fourth-order valence-corrected chi connectivity index (χ4v) is 8.97. The molecule has 0 spiro atoms. The van der Waals surface area contributed by atoms with Gasteiger partial charge in [0.2, 0.25) is 10.0 Å². The quantitative estimate of drug-likeness (QED) is 0.390. The maximum absolute atomic E-state index is 12.8. The first kappa shape index (κ1) is 29.5. The van der Waals surface area contributed by atoms with Crippen molar-refractivity contribution in [2.45, 2.75) is 57.4 Å². The molecule has 2 aromatic carbocycles. The van der Waals surface area contributed by atoms with E-state index in [0.29, 0.717) is 6.42 Å². The molecule has 220 valence electrons. The molecule has 1 unspecified atom stereocenters. The van der Waals surface area contributed by atoms with Crippen molar-refractivity contribution in [2.75, 3.05) is 51.6 Å². The van der Waals surface area contributed by atoms with Crippen molar-refractivity contribution in [3.05, 3.63) is 64.7 Å². The van der Waals surface area contributed by atoms with Crippen LogP contribution in [0.15, 0.2) is 42.5 Å². The zero-order valence-corrected chi connectivity index (χ0v) is 25.2. The van der Waals surface area contributed by atoms with Crippen molar-refractivity contribution in [1.82, 2.24) is 18.6 Å². The van der Waals surface area contributed by atoms with Crippen LogP contribution in [0.5, 0.6) is 5.75 Å². The van der Waals surface area contributed by atoms with Gasteiger partial charge in [-0.3, -0.25) is 0 Å². The second-order valence-electron chi connectivity index (χ2n) is 11.2. The van der Waals surface area contributed by atoms with E-state index in [4.69, 9.17) is 4.74 Å². The summed E-state index contributed by atoms with van der Waals surface area (Å²) >= 11 is 0. The highest BCUT2D eigenvalue weighted by Gasteiger charge is 2.47. The minimum Gasteiger partial charge on any atom is -0.492 e. The number of benzene rings is 2. The Morgan fingerprint density at radius 1 is 1.00 bits per heavy atom. The lowest BCUT2D eigenvalue weighted by molar-refractivity contribution is 0.164. The molecule has 2 aromatic rings. The molecule has 2 aliphatic heterocycles. The summed E-state index contributed by atoms with van der Waals surface area (Å²) in [6.07, 6.45) is 5.04. The van der Waals surface area contributed by atoms with Crippen LogP contribution in [0.3, 0.4) is 0 Å². The van der Waals surface area contributed by atoms with Gasteiger partial charge in [0.05, 0.1) is 5.75 Å². The van der Waals surface area contributed by atoms with Crippen LogP contribution < -0.4 is 14.8 Å². The predicted octanol–water partition coefficient (Wildman–Crippen LogP) is 2.87. The van der Waals surface area contributed by atoms with Gasteiger partial charge in [0.1, 0.15) is 12.4 Å². The van der Waals surface area contributed by atoms with Gasteiger partial charge in [-0.2, -0.15) is 21.8 Å². The summed E-state index contributed by atoms with van der Waals surface area (Å²) in [5, 5.41) is 3.81. The molecule has 1 saturated heterocycles. The molecule has 0 bridgehead atoms. The third-order valence-electron chi connectivity index (χ3n) is 8.64. The van der Waals surface area contributed by atoms with Crippen molar-refractivity contribution in [1.29, 1.82) is 0 Å². The van der Waals surface area contributed by atoms with Gasteiger partial charge in [-0.15, -0.1) is 0 Å². The maximum atomic E-state index is 12.8. The zero-order chi connectivity index (χ0) is 28.4. The van der Waals surface area contributed by atoms with Crippen LogP contribution in [0, 0.1) is 6.92 Å². The third-order valence-corrected chi connectivity index (χ3v) is 12.3. The van der Waals surface area contributed by atoms with Crippen molar-refractivity contribution >= 4 is 20.2 Å². The topological polar surface area (TPSA) is 108 Å². The van der Waals surface area contributed by atoms with E-state index in [0.717, 1.165) is 31.6 Å². The minimum absolute atomic E-state index is 0.0804. The molecule has 1 aliphatic carbocycles.